The molecule has 1 fully saturated rings. The third kappa shape index (κ3) is 3.09. The summed E-state index contributed by atoms with van der Waals surface area (Å²) >= 11 is 4.55. The minimum atomic E-state index is -0.0420. The number of pyridine rings is 1. The Kier molecular flexibility index (Phi) is 4.15. The predicted octanol–water partition coefficient (Wildman–Crippen LogP) is 2.12. The number of thioether (sulfide) groups is 1. The van der Waals surface area contributed by atoms with Gasteiger partial charge in [-0.1, -0.05) is 11.8 Å². The van der Waals surface area contributed by atoms with Crippen molar-refractivity contribution in [2.24, 2.45) is 0 Å². The molecule has 102 valence electrons. The van der Waals surface area contributed by atoms with E-state index in [1.54, 1.807) is 11.0 Å². The van der Waals surface area contributed by atoms with Gasteiger partial charge in [-0.25, -0.2) is 4.98 Å². The van der Waals surface area contributed by atoms with Gasteiger partial charge < -0.3 is 5.73 Å². The fourth-order valence-electron chi connectivity index (χ4n) is 1.99. The Morgan fingerprint density at radius 2 is 2.32 bits per heavy atom. The van der Waals surface area contributed by atoms with Crippen LogP contribution in [0, 0.1) is 6.92 Å². The highest BCUT2D eigenvalue weighted by Gasteiger charge is 2.33. The quantitative estimate of drug-likeness (QED) is 0.889. The number of carbonyl (C=O) groups is 2. The zero-order valence-electron chi connectivity index (χ0n) is 10.6. The first kappa shape index (κ1) is 14.3. The number of hydrogen-bond donors (Lipinski definition) is 1. The number of rotatable bonds is 2. The van der Waals surface area contributed by atoms with Gasteiger partial charge in [0, 0.05) is 29.6 Å². The zero-order chi connectivity index (χ0) is 14.2. The van der Waals surface area contributed by atoms with Gasteiger partial charge in [-0.15, -0.1) is 0 Å². The first-order valence-electron chi connectivity index (χ1n) is 5.78. The smallest absolute Gasteiger partial charge is 0.229 e. The van der Waals surface area contributed by atoms with Gasteiger partial charge >= 0.3 is 0 Å². The Hall–Kier alpha value is -1.08. The minimum Gasteiger partial charge on any atom is -0.396 e. The van der Waals surface area contributed by atoms with Crippen LogP contribution in [0.2, 0.25) is 0 Å². The molecule has 0 bridgehead atoms. The number of anilines is 2. The summed E-state index contributed by atoms with van der Waals surface area (Å²) in [5.41, 5.74) is 7.15. The summed E-state index contributed by atoms with van der Waals surface area (Å²) in [6, 6.07) is 1.75. The Morgan fingerprint density at radius 1 is 1.63 bits per heavy atom. The minimum absolute atomic E-state index is 0.0184. The van der Waals surface area contributed by atoms with E-state index in [4.69, 9.17) is 5.73 Å². The second kappa shape index (κ2) is 5.50. The molecule has 1 aromatic rings. The molecule has 7 heteroatoms. The van der Waals surface area contributed by atoms with Crippen LogP contribution in [0.5, 0.6) is 0 Å². The lowest BCUT2D eigenvalue weighted by atomic mass is 10.3. The number of amides is 1. The highest BCUT2D eigenvalue weighted by Crippen LogP contribution is 2.32. The summed E-state index contributed by atoms with van der Waals surface area (Å²) < 4.78 is 0.815. The molecule has 1 saturated heterocycles. The summed E-state index contributed by atoms with van der Waals surface area (Å²) in [5.74, 6) is 0.442. The Bertz CT molecular complexity index is 550. The maximum absolute atomic E-state index is 12.0. The van der Waals surface area contributed by atoms with E-state index in [1.165, 1.54) is 18.7 Å². The SMILES string of the molecule is CC(=O)SC1CC(=O)N(c2nc(C)c(Br)cc2N)C1. The molecule has 0 spiro atoms. The monoisotopic (exact) mass is 343 g/mol. The molecule has 1 aliphatic heterocycles. The lowest BCUT2D eigenvalue weighted by Gasteiger charge is -2.18. The molecule has 1 atom stereocenters. The molecule has 0 saturated carbocycles. The van der Waals surface area contributed by atoms with Crippen LogP contribution < -0.4 is 10.6 Å². The van der Waals surface area contributed by atoms with Gasteiger partial charge in [0.05, 0.1) is 11.4 Å². The van der Waals surface area contributed by atoms with Crippen molar-refractivity contribution in [3.63, 3.8) is 0 Å². The average Bonchev–Trinajstić information content (AvgIpc) is 2.63. The molecule has 1 amide bonds. The van der Waals surface area contributed by atoms with E-state index in [0.717, 1.165) is 10.2 Å². The number of aryl methyl sites for hydroxylation is 1. The second-order valence-corrected chi connectivity index (χ2v) is 6.74. The number of carbonyl (C=O) groups excluding carboxylic acids is 2. The van der Waals surface area contributed by atoms with Gasteiger partial charge in [0.1, 0.15) is 0 Å². The lowest BCUT2D eigenvalue weighted by Crippen LogP contribution is -2.27. The molecule has 5 nitrogen and oxygen atoms in total. The van der Waals surface area contributed by atoms with Gasteiger partial charge in [-0.2, -0.15) is 0 Å². The van der Waals surface area contributed by atoms with Crippen molar-refractivity contribution in [3.05, 3.63) is 16.2 Å². The van der Waals surface area contributed by atoms with Crippen molar-refractivity contribution in [1.82, 2.24) is 4.98 Å². The number of nitrogen functional groups attached to an aromatic ring is 1. The van der Waals surface area contributed by atoms with E-state index < -0.39 is 0 Å². The number of nitrogens with zero attached hydrogens (tertiary/aromatic N) is 2. The van der Waals surface area contributed by atoms with E-state index >= 15 is 0 Å². The largest absolute Gasteiger partial charge is 0.396 e. The topological polar surface area (TPSA) is 76.3 Å². The van der Waals surface area contributed by atoms with Gasteiger partial charge in [-0.05, 0) is 28.9 Å². The fourth-order valence-corrected chi connectivity index (χ4v) is 3.25. The van der Waals surface area contributed by atoms with Crippen molar-refractivity contribution in [1.29, 1.82) is 0 Å². The van der Waals surface area contributed by atoms with Crippen molar-refractivity contribution in [2.75, 3.05) is 17.2 Å². The number of aromatic nitrogens is 1. The maximum atomic E-state index is 12.0. The first-order valence-corrected chi connectivity index (χ1v) is 7.46. The van der Waals surface area contributed by atoms with Gasteiger partial charge in [0.2, 0.25) is 5.91 Å². The summed E-state index contributed by atoms with van der Waals surface area (Å²) in [5, 5.41) is 0.00252. The van der Waals surface area contributed by atoms with E-state index in [9.17, 15) is 9.59 Å². The molecule has 2 N–H and O–H groups in total. The molecular formula is C12H14BrN3O2S. The van der Waals surface area contributed by atoms with Crippen molar-refractivity contribution in [2.45, 2.75) is 25.5 Å². The van der Waals surface area contributed by atoms with Crippen LogP contribution >= 0.6 is 27.7 Å². The van der Waals surface area contributed by atoms with Crippen molar-refractivity contribution in [3.8, 4) is 0 Å². The lowest BCUT2D eigenvalue weighted by molar-refractivity contribution is -0.117. The number of halogens is 1. The van der Waals surface area contributed by atoms with Crippen LogP contribution in [0.3, 0.4) is 0 Å². The Balaban J connectivity index is 2.25. The summed E-state index contributed by atoms with van der Waals surface area (Å²) in [6.07, 6.45) is 0.348. The molecule has 0 aromatic carbocycles. The van der Waals surface area contributed by atoms with Crippen LogP contribution in [0.25, 0.3) is 0 Å². The van der Waals surface area contributed by atoms with Crippen LogP contribution in [0.15, 0.2) is 10.5 Å². The van der Waals surface area contributed by atoms with Crippen LogP contribution in [-0.4, -0.2) is 27.8 Å². The van der Waals surface area contributed by atoms with Crippen molar-refractivity contribution >= 4 is 50.2 Å². The van der Waals surface area contributed by atoms with Crippen LogP contribution in [0.1, 0.15) is 19.0 Å². The third-order valence-electron chi connectivity index (χ3n) is 2.84. The van der Waals surface area contributed by atoms with E-state index in [0.29, 0.717) is 24.5 Å². The molecule has 0 aliphatic carbocycles. The van der Waals surface area contributed by atoms with E-state index in [1.807, 2.05) is 6.92 Å². The number of hydrogen-bond acceptors (Lipinski definition) is 5. The zero-order valence-corrected chi connectivity index (χ0v) is 13.0. The average molecular weight is 344 g/mol. The summed E-state index contributed by atoms with van der Waals surface area (Å²) in [4.78, 5) is 29.0. The standard InChI is InChI=1S/C12H14BrN3O2S/c1-6-9(13)4-10(14)12(15-6)16-5-8(3-11(16)18)19-7(2)17/h4,8H,3,5,14H2,1-2H3. The van der Waals surface area contributed by atoms with Gasteiger partial charge in [-0.3, -0.25) is 14.5 Å². The van der Waals surface area contributed by atoms with Crippen LogP contribution in [0.4, 0.5) is 11.5 Å². The van der Waals surface area contributed by atoms with E-state index in [2.05, 4.69) is 20.9 Å². The predicted molar refractivity (Wildman–Crippen MR) is 80.1 cm³/mol. The molecule has 2 rings (SSSR count). The summed E-state index contributed by atoms with van der Waals surface area (Å²) in [7, 11) is 0. The second-order valence-electron chi connectivity index (χ2n) is 4.41. The van der Waals surface area contributed by atoms with Crippen molar-refractivity contribution < 1.29 is 9.59 Å². The molecule has 2 heterocycles. The van der Waals surface area contributed by atoms with E-state index in [-0.39, 0.29) is 16.3 Å². The highest BCUT2D eigenvalue weighted by molar-refractivity contribution is 9.10. The third-order valence-corrected chi connectivity index (χ3v) is 4.62. The summed E-state index contributed by atoms with van der Waals surface area (Å²) in [6.45, 7) is 3.82. The maximum Gasteiger partial charge on any atom is 0.229 e. The van der Waals surface area contributed by atoms with Gasteiger partial charge in [0.15, 0.2) is 10.9 Å². The molecule has 1 unspecified atom stereocenters. The Labute approximate surface area is 124 Å². The fraction of sp³-hybridized carbons (Fsp3) is 0.417. The first-order chi connectivity index (χ1) is 8.88. The van der Waals surface area contributed by atoms with Gasteiger partial charge in [0.25, 0.3) is 0 Å². The molecule has 0 radical (unpaired) electrons. The molecule has 19 heavy (non-hydrogen) atoms. The Morgan fingerprint density at radius 3 is 2.95 bits per heavy atom. The number of nitrogens with two attached hydrogens (primary N) is 1. The molecular weight excluding hydrogens is 330 g/mol. The molecule has 1 aliphatic rings. The normalized spacial score (nSPS) is 19.0. The molecule has 1 aromatic heterocycles. The highest BCUT2D eigenvalue weighted by atomic mass is 79.9. The van der Waals surface area contributed by atoms with Crippen LogP contribution in [-0.2, 0) is 9.59 Å².